The number of anilines is 1. The molecule has 0 heterocycles. The van der Waals surface area contributed by atoms with Gasteiger partial charge >= 0.3 is 0 Å². The monoisotopic (exact) mass is 254 g/mol. The van der Waals surface area contributed by atoms with Crippen molar-refractivity contribution < 1.29 is 9.13 Å². The Bertz CT molecular complexity index is 369. The summed E-state index contributed by atoms with van der Waals surface area (Å²) in [6.45, 7) is 8.92. The number of halogens is 1. The van der Waals surface area contributed by atoms with Crippen molar-refractivity contribution in [2.24, 2.45) is 5.73 Å². The summed E-state index contributed by atoms with van der Waals surface area (Å²) >= 11 is 0. The molecule has 0 amide bonds. The summed E-state index contributed by atoms with van der Waals surface area (Å²) in [5.41, 5.74) is 7.74. The van der Waals surface area contributed by atoms with E-state index in [0.29, 0.717) is 13.2 Å². The van der Waals surface area contributed by atoms with Crippen molar-refractivity contribution in [3.63, 3.8) is 0 Å². The molecule has 4 heteroatoms. The number of likely N-dealkylation sites (N-methyl/N-ethyl adjacent to an activating group) is 1. The molecule has 0 aliphatic rings. The third-order valence-corrected chi connectivity index (χ3v) is 2.91. The lowest BCUT2D eigenvalue weighted by molar-refractivity contribution is 0.154. The van der Waals surface area contributed by atoms with Crippen molar-refractivity contribution in [1.29, 1.82) is 0 Å². The fourth-order valence-corrected chi connectivity index (χ4v) is 1.95. The summed E-state index contributed by atoms with van der Waals surface area (Å²) in [6, 6.07) is 4.61. The standard InChI is InChI=1S/C14H23FN2O/c1-4-17(8-9-18-5-2)14-7-6-12(15)10-13(14)11(3)16/h6-7,10-11H,4-5,8-9,16H2,1-3H3/t11-/m1/s1. The number of hydrogen-bond donors (Lipinski definition) is 1. The van der Waals surface area contributed by atoms with Gasteiger partial charge in [0.25, 0.3) is 0 Å². The van der Waals surface area contributed by atoms with Crippen LogP contribution in [-0.4, -0.2) is 26.3 Å². The van der Waals surface area contributed by atoms with Crippen LogP contribution in [0.25, 0.3) is 0 Å². The van der Waals surface area contributed by atoms with Crippen LogP contribution in [0.4, 0.5) is 10.1 Å². The molecule has 0 saturated heterocycles. The Morgan fingerprint density at radius 3 is 2.67 bits per heavy atom. The van der Waals surface area contributed by atoms with Crippen LogP contribution in [0.5, 0.6) is 0 Å². The van der Waals surface area contributed by atoms with Crippen LogP contribution in [-0.2, 0) is 4.74 Å². The fourth-order valence-electron chi connectivity index (χ4n) is 1.95. The van der Waals surface area contributed by atoms with E-state index >= 15 is 0 Å². The van der Waals surface area contributed by atoms with Gasteiger partial charge in [0.15, 0.2) is 0 Å². The lowest BCUT2D eigenvalue weighted by atomic mass is 10.1. The highest BCUT2D eigenvalue weighted by Crippen LogP contribution is 2.26. The molecule has 18 heavy (non-hydrogen) atoms. The quantitative estimate of drug-likeness (QED) is 0.760. The first-order chi connectivity index (χ1) is 8.60. The van der Waals surface area contributed by atoms with E-state index in [1.165, 1.54) is 12.1 Å². The maximum absolute atomic E-state index is 13.3. The van der Waals surface area contributed by atoms with Gasteiger partial charge in [0, 0.05) is 31.4 Å². The van der Waals surface area contributed by atoms with Gasteiger partial charge in [0.2, 0.25) is 0 Å². The molecule has 0 spiro atoms. The van der Waals surface area contributed by atoms with Crippen molar-refractivity contribution in [2.75, 3.05) is 31.2 Å². The van der Waals surface area contributed by atoms with E-state index < -0.39 is 0 Å². The molecule has 0 aliphatic heterocycles. The van der Waals surface area contributed by atoms with Crippen molar-refractivity contribution in [1.82, 2.24) is 0 Å². The Labute approximate surface area is 109 Å². The minimum atomic E-state index is -0.244. The van der Waals surface area contributed by atoms with E-state index in [2.05, 4.69) is 11.8 Å². The highest BCUT2D eigenvalue weighted by molar-refractivity contribution is 5.55. The van der Waals surface area contributed by atoms with Crippen LogP contribution in [0.15, 0.2) is 18.2 Å². The van der Waals surface area contributed by atoms with E-state index in [9.17, 15) is 4.39 Å². The number of nitrogens with zero attached hydrogens (tertiary/aromatic N) is 1. The molecule has 1 aromatic rings. The second kappa shape index (κ2) is 7.34. The van der Waals surface area contributed by atoms with Gasteiger partial charge in [-0.15, -0.1) is 0 Å². The molecule has 0 aliphatic carbocycles. The molecule has 0 saturated carbocycles. The normalized spacial score (nSPS) is 12.5. The topological polar surface area (TPSA) is 38.5 Å². The van der Waals surface area contributed by atoms with E-state index in [-0.39, 0.29) is 11.9 Å². The Hall–Kier alpha value is -1.13. The number of nitrogens with two attached hydrogens (primary N) is 1. The lowest BCUT2D eigenvalue weighted by Crippen LogP contribution is -2.29. The molecule has 1 aromatic carbocycles. The lowest BCUT2D eigenvalue weighted by Gasteiger charge is -2.27. The van der Waals surface area contributed by atoms with Crippen molar-refractivity contribution in [3.8, 4) is 0 Å². The van der Waals surface area contributed by atoms with Gasteiger partial charge in [0.05, 0.1) is 6.61 Å². The molecule has 102 valence electrons. The number of hydrogen-bond acceptors (Lipinski definition) is 3. The average molecular weight is 254 g/mol. The first kappa shape index (κ1) is 14.9. The zero-order chi connectivity index (χ0) is 13.5. The van der Waals surface area contributed by atoms with Crippen LogP contribution in [0, 0.1) is 5.82 Å². The predicted molar refractivity (Wildman–Crippen MR) is 73.4 cm³/mol. The van der Waals surface area contributed by atoms with Gasteiger partial charge in [0.1, 0.15) is 5.82 Å². The van der Waals surface area contributed by atoms with E-state index in [0.717, 1.165) is 24.3 Å². The van der Waals surface area contributed by atoms with Gasteiger partial charge in [-0.2, -0.15) is 0 Å². The molecule has 0 radical (unpaired) electrons. The highest BCUT2D eigenvalue weighted by Gasteiger charge is 2.13. The summed E-state index contributed by atoms with van der Waals surface area (Å²) in [5, 5.41) is 0. The van der Waals surface area contributed by atoms with E-state index in [4.69, 9.17) is 10.5 Å². The maximum Gasteiger partial charge on any atom is 0.123 e. The molecule has 0 bridgehead atoms. The molecule has 1 rings (SSSR count). The average Bonchev–Trinajstić information content (AvgIpc) is 2.35. The van der Waals surface area contributed by atoms with Gasteiger partial charge in [-0.1, -0.05) is 0 Å². The van der Waals surface area contributed by atoms with Gasteiger partial charge in [-0.05, 0) is 44.5 Å². The molecular weight excluding hydrogens is 231 g/mol. The van der Waals surface area contributed by atoms with E-state index in [1.54, 1.807) is 6.07 Å². The molecule has 3 nitrogen and oxygen atoms in total. The van der Waals surface area contributed by atoms with Gasteiger partial charge in [-0.3, -0.25) is 0 Å². The van der Waals surface area contributed by atoms with Crippen LogP contribution >= 0.6 is 0 Å². The Morgan fingerprint density at radius 2 is 2.11 bits per heavy atom. The minimum absolute atomic E-state index is 0.183. The molecular formula is C14H23FN2O. The largest absolute Gasteiger partial charge is 0.380 e. The Kier molecular flexibility index (Phi) is 6.09. The molecule has 0 fully saturated rings. The van der Waals surface area contributed by atoms with Crippen LogP contribution in [0.1, 0.15) is 32.4 Å². The first-order valence-electron chi connectivity index (χ1n) is 6.47. The highest BCUT2D eigenvalue weighted by atomic mass is 19.1. The van der Waals surface area contributed by atoms with Gasteiger partial charge in [-0.25, -0.2) is 4.39 Å². The molecule has 0 aromatic heterocycles. The van der Waals surface area contributed by atoms with Crippen molar-refractivity contribution in [3.05, 3.63) is 29.6 Å². The third kappa shape index (κ3) is 3.96. The fraction of sp³-hybridized carbons (Fsp3) is 0.571. The van der Waals surface area contributed by atoms with Crippen molar-refractivity contribution in [2.45, 2.75) is 26.8 Å². The molecule has 0 unspecified atom stereocenters. The zero-order valence-corrected chi connectivity index (χ0v) is 11.4. The summed E-state index contributed by atoms with van der Waals surface area (Å²) in [6.07, 6.45) is 0. The summed E-state index contributed by atoms with van der Waals surface area (Å²) < 4.78 is 18.6. The van der Waals surface area contributed by atoms with Crippen LogP contribution in [0.2, 0.25) is 0 Å². The third-order valence-electron chi connectivity index (χ3n) is 2.91. The maximum atomic E-state index is 13.3. The summed E-state index contributed by atoms with van der Waals surface area (Å²) in [4.78, 5) is 2.16. The first-order valence-corrected chi connectivity index (χ1v) is 6.47. The zero-order valence-electron chi connectivity index (χ0n) is 11.4. The number of rotatable bonds is 7. The molecule has 1 atom stereocenters. The minimum Gasteiger partial charge on any atom is -0.380 e. The van der Waals surface area contributed by atoms with E-state index in [1.807, 2.05) is 13.8 Å². The second-order valence-corrected chi connectivity index (χ2v) is 4.27. The summed E-state index contributed by atoms with van der Waals surface area (Å²) in [5.74, 6) is -0.244. The second-order valence-electron chi connectivity index (χ2n) is 4.27. The summed E-state index contributed by atoms with van der Waals surface area (Å²) in [7, 11) is 0. The van der Waals surface area contributed by atoms with Crippen LogP contribution < -0.4 is 10.6 Å². The SMILES string of the molecule is CCOCCN(CC)c1ccc(F)cc1[C@@H](C)N. The number of ether oxygens (including phenoxy) is 1. The Balaban J connectivity index is 2.90. The smallest absolute Gasteiger partial charge is 0.123 e. The van der Waals surface area contributed by atoms with Crippen molar-refractivity contribution >= 4 is 5.69 Å². The Morgan fingerprint density at radius 1 is 1.39 bits per heavy atom. The predicted octanol–water partition coefficient (Wildman–Crippen LogP) is 2.71. The van der Waals surface area contributed by atoms with Gasteiger partial charge < -0.3 is 15.4 Å². The van der Waals surface area contributed by atoms with Crippen LogP contribution in [0.3, 0.4) is 0 Å². The number of benzene rings is 1. The molecule has 2 N–H and O–H groups in total.